The number of imide groups is 1. The fourth-order valence-electron chi connectivity index (χ4n) is 4.67. The van der Waals surface area contributed by atoms with E-state index in [9.17, 15) is 48.7 Å². The first-order valence-electron chi connectivity index (χ1n) is 12.9. The average molecular weight is 622 g/mol. The molecule has 18 heteroatoms. The number of nitrogens with one attached hydrogen (secondary N) is 2. The minimum absolute atomic E-state index is 0.0134. The molecule has 4 rings (SSSR count). The Morgan fingerprint density at radius 2 is 1.88 bits per heavy atom. The quantitative estimate of drug-likeness (QED) is 0.113. The van der Waals surface area contributed by atoms with Crippen LogP contribution in [0.3, 0.4) is 0 Å². The second kappa shape index (κ2) is 12.7. The number of carboxylic acid groups (broad SMARTS) is 1. The summed E-state index contributed by atoms with van der Waals surface area (Å²) in [6.07, 6.45) is 0.208. The number of halogens is 2. The molecule has 0 aromatic heterocycles. The zero-order valence-corrected chi connectivity index (χ0v) is 23.0. The van der Waals surface area contributed by atoms with Gasteiger partial charge in [-0.2, -0.15) is 0 Å². The largest absolute Gasteiger partial charge is 0.547 e. The lowest BCUT2D eigenvalue weighted by atomic mass is 9.72. The number of fused-ring (bicyclic) bond motifs is 1. The standard InChI is InChI=1S/C25H26BClFN5O10/c27-17-12(3-5-14(34)19(17)35)18(31-25(41)33-9-8-32(7-1-6-29)22(37)23(33)38)21(36)30-15-10-11-2-4-13(28)16(24(39)40)20(11)43-26(15)42/h2-5,15,18,34-35,42H,1,6-10,29H2,(H,30,36)(H,31,41)(H,39,40). The van der Waals surface area contributed by atoms with Gasteiger partial charge in [-0.15, -0.1) is 0 Å². The minimum Gasteiger partial charge on any atom is -0.534 e. The molecule has 2 aliphatic heterocycles. The third kappa shape index (κ3) is 6.28. The predicted octanol–water partition coefficient (Wildman–Crippen LogP) is -0.502. The van der Waals surface area contributed by atoms with E-state index in [0.717, 1.165) is 18.2 Å². The Labute approximate surface area is 248 Å². The van der Waals surface area contributed by atoms with Crippen molar-refractivity contribution in [2.24, 2.45) is 5.73 Å². The van der Waals surface area contributed by atoms with E-state index in [-0.39, 0.29) is 43.7 Å². The summed E-state index contributed by atoms with van der Waals surface area (Å²) < 4.78 is 19.3. The number of carbonyl (C=O) groups is 5. The maximum absolute atomic E-state index is 14.1. The van der Waals surface area contributed by atoms with Crippen LogP contribution in [0.4, 0.5) is 9.18 Å². The van der Waals surface area contributed by atoms with E-state index in [1.54, 1.807) is 0 Å². The van der Waals surface area contributed by atoms with Crippen LogP contribution in [0.5, 0.6) is 17.2 Å². The molecular formula is C25H26BClFN5O10. The third-order valence-electron chi connectivity index (χ3n) is 6.90. The van der Waals surface area contributed by atoms with E-state index < -0.39 is 82.5 Å². The van der Waals surface area contributed by atoms with E-state index in [4.69, 9.17) is 22.0 Å². The number of aromatic hydroxyl groups is 2. The van der Waals surface area contributed by atoms with Crippen molar-refractivity contribution in [3.05, 3.63) is 51.8 Å². The summed E-state index contributed by atoms with van der Waals surface area (Å²) in [5.41, 5.74) is 4.56. The molecule has 1 fully saturated rings. The molecule has 2 aliphatic rings. The number of benzene rings is 2. The summed E-state index contributed by atoms with van der Waals surface area (Å²) in [5.74, 6) is -9.02. The lowest BCUT2D eigenvalue weighted by molar-refractivity contribution is -0.153. The molecule has 0 radical (unpaired) electrons. The summed E-state index contributed by atoms with van der Waals surface area (Å²) in [6.45, 7) is 0.292. The number of amides is 5. The summed E-state index contributed by atoms with van der Waals surface area (Å²) >= 11 is 6.17. The van der Waals surface area contributed by atoms with Gasteiger partial charge in [-0.25, -0.2) is 14.0 Å². The van der Waals surface area contributed by atoms with Crippen LogP contribution in [0.15, 0.2) is 24.3 Å². The molecule has 2 aromatic carbocycles. The van der Waals surface area contributed by atoms with E-state index in [2.05, 4.69) is 10.6 Å². The van der Waals surface area contributed by atoms with Crippen LogP contribution in [0.1, 0.15) is 33.9 Å². The van der Waals surface area contributed by atoms with Gasteiger partial charge in [-0.05, 0) is 37.1 Å². The molecule has 1 saturated heterocycles. The first-order valence-corrected chi connectivity index (χ1v) is 13.2. The lowest BCUT2D eigenvalue weighted by Crippen LogP contribution is -2.60. The number of nitrogens with zero attached hydrogens (tertiary/aromatic N) is 2. The maximum Gasteiger partial charge on any atom is 0.547 e. The predicted molar refractivity (Wildman–Crippen MR) is 146 cm³/mol. The zero-order chi connectivity index (χ0) is 31.6. The van der Waals surface area contributed by atoms with Crippen LogP contribution in [0.2, 0.25) is 5.02 Å². The number of phenols is 2. The van der Waals surface area contributed by atoms with Crippen molar-refractivity contribution >= 4 is 48.4 Å². The van der Waals surface area contributed by atoms with Crippen molar-refractivity contribution in [2.45, 2.75) is 24.8 Å². The third-order valence-corrected chi connectivity index (χ3v) is 7.30. The van der Waals surface area contributed by atoms with Gasteiger partial charge in [0.2, 0.25) is 5.91 Å². The molecular weight excluding hydrogens is 596 g/mol. The average Bonchev–Trinajstić information content (AvgIpc) is 2.96. The smallest absolute Gasteiger partial charge is 0.534 e. The summed E-state index contributed by atoms with van der Waals surface area (Å²) in [5, 5.41) is 44.0. The lowest BCUT2D eigenvalue weighted by Gasteiger charge is -2.34. The van der Waals surface area contributed by atoms with E-state index in [1.165, 1.54) is 11.0 Å². The van der Waals surface area contributed by atoms with E-state index in [0.29, 0.717) is 11.3 Å². The molecule has 43 heavy (non-hydrogen) atoms. The molecule has 0 saturated carbocycles. The van der Waals surface area contributed by atoms with Gasteiger partial charge in [-0.1, -0.05) is 23.7 Å². The molecule has 8 N–H and O–H groups in total. The summed E-state index contributed by atoms with van der Waals surface area (Å²) in [6, 6.07) is 1.29. The van der Waals surface area contributed by atoms with Crippen LogP contribution in [0, 0.1) is 5.82 Å². The monoisotopic (exact) mass is 621 g/mol. The van der Waals surface area contributed by atoms with Gasteiger partial charge in [0.25, 0.3) is 0 Å². The fraction of sp³-hybridized carbons (Fsp3) is 0.320. The number of nitrogens with two attached hydrogens (primary N) is 1. The molecule has 15 nitrogen and oxygen atoms in total. The van der Waals surface area contributed by atoms with Gasteiger partial charge < -0.3 is 46.3 Å². The molecule has 2 heterocycles. The number of carboxylic acids is 1. The van der Waals surface area contributed by atoms with Gasteiger partial charge in [0.1, 0.15) is 23.2 Å². The highest BCUT2D eigenvalue weighted by Gasteiger charge is 2.42. The summed E-state index contributed by atoms with van der Waals surface area (Å²) in [4.78, 5) is 65.3. The summed E-state index contributed by atoms with van der Waals surface area (Å²) in [7, 11) is -1.86. The fourth-order valence-corrected chi connectivity index (χ4v) is 4.94. The molecule has 228 valence electrons. The number of urea groups is 1. The maximum atomic E-state index is 14.1. The first-order chi connectivity index (χ1) is 20.3. The Balaban J connectivity index is 1.59. The molecule has 0 spiro atoms. The SMILES string of the molecule is NCCCN1CCN(C(=O)NC(C(=O)NC2Cc3ccc(F)c(C(=O)O)c3OB2O)c2ccc(O)c(O)c2Cl)C(=O)C1=O. The Kier molecular flexibility index (Phi) is 9.27. The van der Waals surface area contributed by atoms with Gasteiger partial charge in [0.15, 0.2) is 11.5 Å². The van der Waals surface area contributed by atoms with Gasteiger partial charge in [0, 0.05) is 25.2 Å². The number of hydrogen-bond acceptors (Lipinski definition) is 10. The van der Waals surface area contributed by atoms with Crippen LogP contribution in [-0.2, 0) is 20.8 Å². The van der Waals surface area contributed by atoms with Gasteiger partial charge >= 0.3 is 30.9 Å². The minimum atomic E-state index is -1.86. The number of aromatic carboxylic acids is 1. The molecule has 2 unspecified atom stereocenters. The number of hydrogen-bond donors (Lipinski definition) is 7. The first kappa shape index (κ1) is 31.3. The van der Waals surface area contributed by atoms with Crippen LogP contribution in [-0.4, -0.2) is 99.1 Å². The van der Waals surface area contributed by atoms with Crippen molar-refractivity contribution in [2.75, 3.05) is 26.2 Å². The van der Waals surface area contributed by atoms with Crippen LogP contribution >= 0.6 is 11.6 Å². The van der Waals surface area contributed by atoms with E-state index >= 15 is 0 Å². The second-order valence-electron chi connectivity index (χ2n) is 9.65. The van der Waals surface area contributed by atoms with Crippen molar-refractivity contribution in [3.8, 4) is 17.2 Å². The second-order valence-corrected chi connectivity index (χ2v) is 10.0. The van der Waals surface area contributed by atoms with Crippen LogP contribution in [0.25, 0.3) is 0 Å². The molecule has 2 atom stereocenters. The Morgan fingerprint density at radius 1 is 1.16 bits per heavy atom. The molecule has 0 aliphatic carbocycles. The van der Waals surface area contributed by atoms with Crippen LogP contribution < -0.4 is 21.0 Å². The highest BCUT2D eigenvalue weighted by atomic mass is 35.5. The van der Waals surface area contributed by atoms with Crippen molar-refractivity contribution in [1.29, 1.82) is 0 Å². The van der Waals surface area contributed by atoms with Crippen molar-refractivity contribution < 1.29 is 53.4 Å². The zero-order valence-electron chi connectivity index (χ0n) is 22.3. The number of piperazine rings is 1. The normalized spacial score (nSPS) is 17.2. The van der Waals surface area contributed by atoms with Gasteiger partial charge in [-0.3, -0.25) is 19.3 Å². The van der Waals surface area contributed by atoms with Crippen molar-refractivity contribution in [3.63, 3.8) is 0 Å². The Morgan fingerprint density at radius 3 is 2.56 bits per heavy atom. The van der Waals surface area contributed by atoms with E-state index in [1.807, 2.05) is 0 Å². The van der Waals surface area contributed by atoms with Gasteiger partial charge in [0.05, 0.1) is 11.0 Å². The molecule has 0 bridgehead atoms. The highest BCUT2D eigenvalue weighted by Crippen LogP contribution is 2.38. The topological polar surface area (TPSA) is 232 Å². The van der Waals surface area contributed by atoms with Crippen molar-refractivity contribution in [1.82, 2.24) is 20.4 Å². The number of carbonyl (C=O) groups excluding carboxylic acids is 4. The Bertz CT molecular complexity index is 1500. The molecule has 2 aromatic rings. The number of phenolic OH excluding ortho intramolecular Hbond substituents is 2. The highest BCUT2D eigenvalue weighted by molar-refractivity contribution is 6.47. The Hall–Kier alpha value is -4.61. The molecule has 5 amide bonds. The number of rotatable bonds is 8.